The Bertz CT molecular complexity index is 654. The van der Waals surface area contributed by atoms with Gasteiger partial charge in [0.2, 0.25) is 0 Å². The highest BCUT2D eigenvalue weighted by Gasteiger charge is 2.43. The van der Waals surface area contributed by atoms with Crippen molar-refractivity contribution in [2.75, 3.05) is 0 Å². The van der Waals surface area contributed by atoms with Gasteiger partial charge >= 0.3 is 5.97 Å². The molecule has 2 aromatic rings. The van der Waals surface area contributed by atoms with Crippen LogP contribution in [0, 0.1) is 0 Å². The van der Waals surface area contributed by atoms with Crippen molar-refractivity contribution in [3.8, 4) is 11.5 Å². The lowest BCUT2D eigenvalue weighted by Crippen LogP contribution is -2.52. The molecule has 0 radical (unpaired) electrons. The average molecular weight is 289 g/mol. The van der Waals surface area contributed by atoms with Gasteiger partial charge in [-0.3, -0.25) is 9.89 Å². The Morgan fingerprint density at radius 1 is 1.38 bits per heavy atom. The van der Waals surface area contributed by atoms with Gasteiger partial charge in [0.15, 0.2) is 11.5 Å². The number of aromatic amines is 1. The van der Waals surface area contributed by atoms with Gasteiger partial charge in [-0.05, 0) is 25.0 Å². The molecule has 110 valence electrons. The third kappa shape index (κ3) is 2.42. The van der Waals surface area contributed by atoms with Gasteiger partial charge in [0.25, 0.3) is 5.91 Å². The second-order valence-corrected chi connectivity index (χ2v) is 5.19. The van der Waals surface area contributed by atoms with Gasteiger partial charge in [-0.1, -0.05) is 12.8 Å². The van der Waals surface area contributed by atoms with E-state index in [1.54, 1.807) is 18.2 Å². The molecule has 0 saturated heterocycles. The lowest BCUT2D eigenvalue weighted by molar-refractivity contribution is -0.144. The molecule has 1 saturated carbocycles. The van der Waals surface area contributed by atoms with E-state index in [0.717, 1.165) is 12.8 Å². The van der Waals surface area contributed by atoms with E-state index >= 15 is 0 Å². The first-order valence-corrected chi connectivity index (χ1v) is 6.76. The fraction of sp³-hybridized carbons (Fsp3) is 0.357. The Morgan fingerprint density at radius 2 is 2.14 bits per heavy atom. The van der Waals surface area contributed by atoms with Crippen LogP contribution in [0.5, 0.6) is 0 Å². The first-order chi connectivity index (χ1) is 10.1. The number of furan rings is 1. The summed E-state index contributed by atoms with van der Waals surface area (Å²) < 4.78 is 5.21. The van der Waals surface area contributed by atoms with E-state index in [4.69, 9.17) is 4.42 Å². The van der Waals surface area contributed by atoms with Crippen molar-refractivity contribution >= 4 is 11.9 Å². The summed E-state index contributed by atoms with van der Waals surface area (Å²) in [6, 6.07) is 5.01. The molecule has 1 amide bonds. The van der Waals surface area contributed by atoms with Crippen LogP contribution in [0.1, 0.15) is 36.2 Å². The zero-order valence-electron chi connectivity index (χ0n) is 11.3. The van der Waals surface area contributed by atoms with Gasteiger partial charge in [-0.15, -0.1) is 0 Å². The number of carboxylic acid groups (broad SMARTS) is 1. The Balaban J connectivity index is 1.78. The summed E-state index contributed by atoms with van der Waals surface area (Å²) in [6.45, 7) is 0. The molecule has 0 spiro atoms. The van der Waals surface area contributed by atoms with Crippen LogP contribution in [-0.4, -0.2) is 32.7 Å². The molecule has 3 rings (SSSR count). The van der Waals surface area contributed by atoms with E-state index in [1.807, 2.05) is 0 Å². The molecule has 21 heavy (non-hydrogen) atoms. The predicted octanol–water partition coefficient (Wildman–Crippen LogP) is 1.80. The minimum atomic E-state index is -1.17. The van der Waals surface area contributed by atoms with Crippen LogP contribution in [0.2, 0.25) is 0 Å². The quantitative estimate of drug-likeness (QED) is 0.795. The van der Waals surface area contributed by atoms with Crippen LogP contribution in [-0.2, 0) is 4.79 Å². The number of hydrogen-bond donors (Lipinski definition) is 3. The summed E-state index contributed by atoms with van der Waals surface area (Å²) in [5.41, 5.74) is -0.448. The van der Waals surface area contributed by atoms with Crippen LogP contribution in [0.25, 0.3) is 11.5 Å². The highest BCUT2D eigenvalue weighted by Crippen LogP contribution is 2.30. The first kappa shape index (κ1) is 13.4. The molecule has 1 aliphatic carbocycles. The van der Waals surface area contributed by atoms with Crippen LogP contribution >= 0.6 is 0 Å². The molecule has 3 N–H and O–H groups in total. The van der Waals surface area contributed by atoms with Gasteiger partial charge < -0.3 is 14.8 Å². The van der Waals surface area contributed by atoms with Crippen molar-refractivity contribution in [1.82, 2.24) is 15.5 Å². The van der Waals surface area contributed by atoms with Crippen molar-refractivity contribution in [2.24, 2.45) is 0 Å². The largest absolute Gasteiger partial charge is 0.480 e. The minimum Gasteiger partial charge on any atom is -0.480 e. The van der Waals surface area contributed by atoms with Crippen molar-refractivity contribution < 1.29 is 19.1 Å². The van der Waals surface area contributed by atoms with E-state index in [2.05, 4.69) is 15.5 Å². The second kappa shape index (κ2) is 5.08. The molecule has 0 aliphatic heterocycles. The number of H-pyrrole nitrogens is 1. The Labute approximate surface area is 120 Å². The van der Waals surface area contributed by atoms with Crippen LogP contribution in [0.3, 0.4) is 0 Å². The van der Waals surface area contributed by atoms with E-state index < -0.39 is 17.4 Å². The highest BCUT2D eigenvalue weighted by molar-refractivity contribution is 5.97. The molecular formula is C14H15N3O4. The summed E-state index contributed by atoms with van der Waals surface area (Å²) in [5.74, 6) is -0.918. The zero-order chi connectivity index (χ0) is 14.9. The number of carboxylic acids is 1. The normalized spacial score (nSPS) is 16.8. The van der Waals surface area contributed by atoms with Gasteiger partial charge in [0.1, 0.15) is 11.2 Å². The van der Waals surface area contributed by atoms with Gasteiger partial charge in [-0.25, -0.2) is 4.79 Å². The maximum absolute atomic E-state index is 12.2. The number of carbonyl (C=O) groups excluding carboxylic acids is 1. The van der Waals surface area contributed by atoms with Crippen LogP contribution < -0.4 is 5.32 Å². The third-order valence-corrected chi connectivity index (χ3v) is 3.82. The summed E-state index contributed by atoms with van der Waals surface area (Å²) in [4.78, 5) is 23.6. The molecule has 0 unspecified atom stereocenters. The topological polar surface area (TPSA) is 108 Å². The minimum absolute atomic E-state index is 0.147. The number of rotatable bonds is 4. The van der Waals surface area contributed by atoms with Crippen molar-refractivity contribution in [3.05, 3.63) is 30.2 Å². The molecule has 0 atom stereocenters. The number of carbonyl (C=O) groups is 2. The zero-order valence-corrected chi connectivity index (χ0v) is 11.3. The van der Waals surface area contributed by atoms with E-state index in [1.165, 1.54) is 6.26 Å². The van der Waals surface area contributed by atoms with E-state index in [0.29, 0.717) is 24.3 Å². The number of nitrogens with zero attached hydrogens (tertiary/aromatic N) is 1. The second-order valence-electron chi connectivity index (χ2n) is 5.19. The lowest BCUT2D eigenvalue weighted by Gasteiger charge is -2.24. The molecule has 1 aliphatic rings. The van der Waals surface area contributed by atoms with Gasteiger partial charge in [0.05, 0.1) is 6.26 Å². The maximum atomic E-state index is 12.2. The average Bonchev–Trinajstić information content (AvgIpc) is 3.20. The van der Waals surface area contributed by atoms with E-state index in [-0.39, 0.29) is 5.69 Å². The first-order valence-electron chi connectivity index (χ1n) is 6.76. The van der Waals surface area contributed by atoms with Crippen LogP contribution in [0.15, 0.2) is 28.9 Å². The van der Waals surface area contributed by atoms with Crippen molar-refractivity contribution in [2.45, 2.75) is 31.2 Å². The summed E-state index contributed by atoms with van der Waals surface area (Å²) >= 11 is 0. The number of aliphatic carboxylic acids is 1. The summed E-state index contributed by atoms with van der Waals surface area (Å²) in [5, 5.41) is 18.6. The number of aromatic nitrogens is 2. The Morgan fingerprint density at radius 3 is 2.76 bits per heavy atom. The summed E-state index contributed by atoms with van der Waals surface area (Å²) in [7, 11) is 0. The van der Waals surface area contributed by atoms with Crippen molar-refractivity contribution in [3.63, 3.8) is 0 Å². The monoisotopic (exact) mass is 289 g/mol. The number of nitrogens with one attached hydrogen (secondary N) is 2. The smallest absolute Gasteiger partial charge is 0.329 e. The van der Waals surface area contributed by atoms with E-state index in [9.17, 15) is 14.7 Å². The highest BCUT2D eigenvalue weighted by atomic mass is 16.4. The SMILES string of the molecule is O=C(NC1(C(=O)O)CCCC1)c1cc(-c2ccco2)[nH]n1. The molecule has 2 aromatic heterocycles. The third-order valence-electron chi connectivity index (χ3n) is 3.82. The maximum Gasteiger partial charge on any atom is 0.329 e. The number of hydrogen-bond acceptors (Lipinski definition) is 4. The van der Waals surface area contributed by atoms with Crippen molar-refractivity contribution in [1.29, 1.82) is 0 Å². The number of amides is 1. The Kier molecular flexibility index (Phi) is 3.25. The summed E-state index contributed by atoms with van der Waals surface area (Å²) in [6.07, 6.45) is 4.01. The Hall–Kier alpha value is -2.57. The van der Waals surface area contributed by atoms with Gasteiger partial charge in [-0.2, -0.15) is 5.10 Å². The molecular weight excluding hydrogens is 274 g/mol. The van der Waals surface area contributed by atoms with Gasteiger partial charge in [0, 0.05) is 6.07 Å². The molecule has 7 heteroatoms. The molecule has 2 heterocycles. The molecule has 0 aromatic carbocycles. The lowest BCUT2D eigenvalue weighted by atomic mass is 9.97. The molecule has 7 nitrogen and oxygen atoms in total. The fourth-order valence-corrected chi connectivity index (χ4v) is 2.65. The fourth-order valence-electron chi connectivity index (χ4n) is 2.65. The predicted molar refractivity (Wildman–Crippen MR) is 72.6 cm³/mol. The standard InChI is InChI=1S/C14H15N3O4/c18-12(15-14(13(19)20)5-1-2-6-14)10-8-9(16-17-10)11-4-3-7-21-11/h3-4,7-8H,1-2,5-6H2,(H,15,18)(H,16,17)(H,19,20). The molecule has 0 bridgehead atoms. The molecule has 1 fully saturated rings. The van der Waals surface area contributed by atoms with Crippen LogP contribution in [0.4, 0.5) is 0 Å².